The van der Waals surface area contributed by atoms with Crippen molar-refractivity contribution in [1.82, 2.24) is 5.32 Å². The predicted molar refractivity (Wildman–Crippen MR) is 78.2 cm³/mol. The molecule has 2 aliphatic rings. The number of rotatable bonds is 4. The van der Waals surface area contributed by atoms with Gasteiger partial charge in [0.1, 0.15) is 0 Å². The van der Waals surface area contributed by atoms with Crippen LogP contribution < -0.4 is 5.32 Å². The lowest BCUT2D eigenvalue weighted by Gasteiger charge is -2.37. The predicted octanol–water partition coefficient (Wildman–Crippen LogP) is 2.55. The van der Waals surface area contributed by atoms with Gasteiger partial charge >= 0.3 is 0 Å². The van der Waals surface area contributed by atoms with Gasteiger partial charge in [0, 0.05) is 39.6 Å². The van der Waals surface area contributed by atoms with E-state index in [0.717, 1.165) is 30.9 Å². The van der Waals surface area contributed by atoms with Gasteiger partial charge in [0.05, 0.1) is 0 Å². The second kappa shape index (κ2) is 6.58. The summed E-state index contributed by atoms with van der Waals surface area (Å²) in [5, 5.41) is 3.75. The molecule has 0 bridgehead atoms. The zero-order valence-corrected chi connectivity index (χ0v) is 12.5. The van der Waals surface area contributed by atoms with E-state index in [2.05, 4.69) is 23.3 Å². The Balaban J connectivity index is 1.77. The van der Waals surface area contributed by atoms with E-state index in [1.54, 1.807) is 0 Å². The van der Waals surface area contributed by atoms with Gasteiger partial charge in [0.2, 0.25) is 0 Å². The van der Waals surface area contributed by atoms with Crippen molar-refractivity contribution in [3.8, 4) is 0 Å². The largest absolute Gasteiger partial charge is 0.313 e. The van der Waals surface area contributed by atoms with Crippen LogP contribution in [0, 0.1) is 0 Å². The highest BCUT2D eigenvalue weighted by molar-refractivity contribution is 8.00. The molecule has 1 saturated carbocycles. The molecule has 2 fully saturated rings. The summed E-state index contributed by atoms with van der Waals surface area (Å²) in [4.78, 5) is 0. The van der Waals surface area contributed by atoms with Gasteiger partial charge < -0.3 is 5.32 Å². The fraction of sp³-hybridized carbons (Fsp3) is 1.00. The molecule has 2 rings (SSSR count). The van der Waals surface area contributed by atoms with E-state index >= 15 is 0 Å². The average Bonchev–Trinajstić information content (AvgIpc) is 2.39. The molecule has 0 aromatic heterocycles. The normalized spacial score (nSPS) is 33.5. The fourth-order valence-corrected chi connectivity index (χ4v) is 5.20. The molecule has 100 valence electrons. The van der Waals surface area contributed by atoms with Crippen LogP contribution in [0.3, 0.4) is 0 Å². The van der Waals surface area contributed by atoms with Gasteiger partial charge in [-0.3, -0.25) is 4.21 Å². The minimum atomic E-state index is -0.527. The standard InChI is InChI=1S/C13H25NOS2/c1-16-13(7-3-2-4-8-13)11-14-12-5-9-17(15)10-6-12/h12,14H,2-11H2,1H3. The molecule has 1 saturated heterocycles. The summed E-state index contributed by atoms with van der Waals surface area (Å²) >= 11 is 2.06. The van der Waals surface area contributed by atoms with Gasteiger partial charge in [-0.15, -0.1) is 0 Å². The van der Waals surface area contributed by atoms with Crippen molar-refractivity contribution in [3.05, 3.63) is 0 Å². The molecule has 0 unspecified atom stereocenters. The second-order valence-corrected chi connectivity index (χ2v) is 8.42. The highest BCUT2D eigenvalue weighted by atomic mass is 32.2. The molecule has 1 heterocycles. The van der Waals surface area contributed by atoms with Crippen LogP contribution in [0.2, 0.25) is 0 Å². The first-order valence-corrected chi connectivity index (χ1v) is 9.59. The van der Waals surface area contributed by atoms with Gasteiger partial charge in [-0.25, -0.2) is 0 Å². The molecule has 0 amide bonds. The van der Waals surface area contributed by atoms with Crippen molar-refractivity contribution < 1.29 is 4.21 Å². The summed E-state index contributed by atoms with van der Waals surface area (Å²) in [7, 11) is -0.527. The first-order valence-electron chi connectivity index (χ1n) is 6.88. The third kappa shape index (κ3) is 3.97. The molecule has 1 aliphatic carbocycles. The Morgan fingerprint density at radius 3 is 2.47 bits per heavy atom. The van der Waals surface area contributed by atoms with E-state index in [9.17, 15) is 4.21 Å². The summed E-state index contributed by atoms with van der Waals surface area (Å²) in [6.07, 6.45) is 11.5. The molecule has 0 atom stereocenters. The lowest BCUT2D eigenvalue weighted by molar-refractivity contribution is 0.354. The zero-order valence-electron chi connectivity index (χ0n) is 10.9. The number of thioether (sulfide) groups is 1. The maximum absolute atomic E-state index is 11.3. The van der Waals surface area contributed by atoms with Crippen molar-refractivity contribution in [2.24, 2.45) is 0 Å². The first kappa shape index (κ1) is 13.9. The minimum absolute atomic E-state index is 0.495. The molecule has 0 aromatic carbocycles. The van der Waals surface area contributed by atoms with Crippen LogP contribution in [0.4, 0.5) is 0 Å². The quantitative estimate of drug-likeness (QED) is 0.855. The molecular formula is C13H25NOS2. The van der Waals surface area contributed by atoms with Gasteiger partial charge in [-0.2, -0.15) is 11.8 Å². The van der Waals surface area contributed by atoms with Crippen LogP contribution in [0.25, 0.3) is 0 Å². The van der Waals surface area contributed by atoms with Crippen LogP contribution in [-0.2, 0) is 10.8 Å². The zero-order chi connectivity index (χ0) is 12.1. The lowest BCUT2D eigenvalue weighted by atomic mass is 9.88. The summed E-state index contributed by atoms with van der Waals surface area (Å²) in [6, 6.07) is 0.624. The summed E-state index contributed by atoms with van der Waals surface area (Å²) < 4.78 is 11.8. The average molecular weight is 275 g/mol. The van der Waals surface area contributed by atoms with E-state index in [0.29, 0.717) is 10.8 Å². The number of hydrogen-bond acceptors (Lipinski definition) is 3. The van der Waals surface area contributed by atoms with Crippen LogP contribution in [-0.4, -0.2) is 39.3 Å². The first-order chi connectivity index (χ1) is 8.24. The minimum Gasteiger partial charge on any atom is -0.313 e. The Morgan fingerprint density at radius 1 is 1.24 bits per heavy atom. The monoisotopic (exact) mass is 275 g/mol. The van der Waals surface area contributed by atoms with Crippen molar-refractivity contribution in [2.45, 2.75) is 55.7 Å². The summed E-state index contributed by atoms with van der Waals surface area (Å²) in [5.41, 5.74) is 0. The van der Waals surface area contributed by atoms with Crippen LogP contribution >= 0.6 is 11.8 Å². The van der Waals surface area contributed by atoms with Crippen molar-refractivity contribution in [1.29, 1.82) is 0 Å². The topological polar surface area (TPSA) is 29.1 Å². The van der Waals surface area contributed by atoms with Crippen LogP contribution in [0.1, 0.15) is 44.9 Å². The second-order valence-electron chi connectivity index (χ2n) is 5.45. The fourth-order valence-electron chi connectivity index (χ4n) is 2.98. The Morgan fingerprint density at radius 2 is 1.88 bits per heavy atom. The summed E-state index contributed by atoms with van der Waals surface area (Å²) in [5.74, 6) is 1.81. The van der Waals surface area contributed by atoms with E-state index in [1.807, 2.05) is 0 Å². The SMILES string of the molecule is CSC1(CNC2CCS(=O)CC2)CCCCC1. The highest BCUT2D eigenvalue weighted by Gasteiger charge is 2.31. The molecule has 4 heteroatoms. The Bertz CT molecular complexity index is 254. The Kier molecular flexibility index (Phi) is 5.37. The van der Waals surface area contributed by atoms with E-state index in [4.69, 9.17) is 0 Å². The molecule has 1 N–H and O–H groups in total. The van der Waals surface area contributed by atoms with Gasteiger partial charge in [-0.1, -0.05) is 19.3 Å². The number of nitrogens with one attached hydrogen (secondary N) is 1. The molecule has 17 heavy (non-hydrogen) atoms. The van der Waals surface area contributed by atoms with Gasteiger partial charge in [0.15, 0.2) is 0 Å². The van der Waals surface area contributed by atoms with E-state index < -0.39 is 10.8 Å². The molecule has 1 aliphatic heterocycles. The maximum atomic E-state index is 11.3. The van der Waals surface area contributed by atoms with Gasteiger partial charge in [-0.05, 0) is 31.9 Å². The maximum Gasteiger partial charge on any atom is 0.0281 e. The smallest absolute Gasteiger partial charge is 0.0281 e. The van der Waals surface area contributed by atoms with Crippen molar-refractivity contribution in [2.75, 3.05) is 24.3 Å². The Hall–Kier alpha value is 0.460. The number of hydrogen-bond donors (Lipinski definition) is 1. The van der Waals surface area contributed by atoms with Gasteiger partial charge in [0.25, 0.3) is 0 Å². The molecule has 0 radical (unpaired) electrons. The van der Waals surface area contributed by atoms with Crippen LogP contribution in [0.15, 0.2) is 0 Å². The third-order valence-electron chi connectivity index (χ3n) is 4.30. The molecule has 0 aromatic rings. The van der Waals surface area contributed by atoms with Crippen LogP contribution in [0.5, 0.6) is 0 Å². The molecule has 0 spiro atoms. The highest BCUT2D eigenvalue weighted by Crippen LogP contribution is 2.38. The van der Waals surface area contributed by atoms with E-state index in [-0.39, 0.29) is 0 Å². The van der Waals surface area contributed by atoms with Crippen molar-refractivity contribution >= 4 is 22.6 Å². The van der Waals surface area contributed by atoms with Crippen molar-refractivity contribution in [3.63, 3.8) is 0 Å². The lowest BCUT2D eigenvalue weighted by Crippen LogP contribution is -2.45. The third-order valence-corrected chi connectivity index (χ3v) is 7.10. The molecule has 2 nitrogen and oxygen atoms in total. The summed E-state index contributed by atoms with van der Waals surface area (Å²) in [6.45, 7) is 1.16. The Labute approximate surface area is 112 Å². The molecular weight excluding hydrogens is 250 g/mol. The van der Waals surface area contributed by atoms with E-state index in [1.165, 1.54) is 32.1 Å².